The molecule has 0 aromatic heterocycles. The van der Waals surface area contributed by atoms with Crippen LogP contribution < -0.4 is 0 Å². The number of piperazine rings is 1. The highest BCUT2D eigenvalue weighted by atomic mass is 79.9. The molecule has 1 N–H and O–H groups in total. The molecule has 0 spiro atoms. The molecule has 0 aliphatic carbocycles. The van der Waals surface area contributed by atoms with Crippen molar-refractivity contribution >= 4 is 27.7 Å². The number of halogens is 1. The second kappa shape index (κ2) is 8.36. The van der Waals surface area contributed by atoms with Crippen LogP contribution in [0.4, 0.5) is 0 Å². The highest BCUT2D eigenvalue weighted by Crippen LogP contribution is 2.19. The van der Waals surface area contributed by atoms with E-state index in [1.54, 1.807) is 23.1 Å². The van der Waals surface area contributed by atoms with Gasteiger partial charge in [0.15, 0.2) is 0 Å². The first-order chi connectivity index (χ1) is 12.5. The fourth-order valence-electron chi connectivity index (χ4n) is 3.09. The fourth-order valence-corrected chi connectivity index (χ4v) is 3.53. The number of hydrogen-bond acceptors (Lipinski definition) is 3. The molecule has 2 aromatic rings. The van der Waals surface area contributed by atoms with Gasteiger partial charge in [0.05, 0.1) is 5.56 Å². The Labute approximate surface area is 161 Å². The summed E-state index contributed by atoms with van der Waals surface area (Å²) in [4.78, 5) is 28.4. The van der Waals surface area contributed by atoms with E-state index in [0.717, 1.165) is 10.0 Å². The topological polar surface area (TPSA) is 60.9 Å². The molecule has 0 unspecified atom stereocenters. The average Bonchev–Trinajstić information content (AvgIpc) is 2.66. The van der Waals surface area contributed by atoms with Crippen LogP contribution in [-0.2, 0) is 11.2 Å². The van der Waals surface area contributed by atoms with Crippen LogP contribution in [0.5, 0.6) is 5.75 Å². The highest BCUT2D eigenvalue weighted by Gasteiger charge is 2.25. The van der Waals surface area contributed by atoms with Gasteiger partial charge in [0.1, 0.15) is 5.75 Å². The fraction of sp³-hybridized carbons (Fsp3) is 0.300. The van der Waals surface area contributed by atoms with E-state index in [2.05, 4.69) is 15.9 Å². The van der Waals surface area contributed by atoms with E-state index in [1.807, 2.05) is 29.2 Å². The molecule has 2 amide bonds. The monoisotopic (exact) mass is 416 g/mol. The Hall–Kier alpha value is -2.34. The molecule has 0 radical (unpaired) electrons. The van der Waals surface area contributed by atoms with E-state index >= 15 is 0 Å². The van der Waals surface area contributed by atoms with Crippen molar-refractivity contribution in [2.75, 3.05) is 26.2 Å². The van der Waals surface area contributed by atoms with E-state index in [-0.39, 0.29) is 17.6 Å². The Bertz CT molecular complexity index is 801. The molecule has 0 saturated carbocycles. The lowest BCUT2D eigenvalue weighted by atomic mass is 10.1. The van der Waals surface area contributed by atoms with Crippen molar-refractivity contribution in [3.05, 3.63) is 64.1 Å². The third-order valence-electron chi connectivity index (χ3n) is 4.57. The number of phenolic OH excluding ortho intramolecular Hbond substituents is 1. The van der Waals surface area contributed by atoms with Gasteiger partial charge in [0.2, 0.25) is 5.91 Å². The minimum Gasteiger partial charge on any atom is -0.507 e. The van der Waals surface area contributed by atoms with Crippen molar-refractivity contribution in [2.24, 2.45) is 0 Å². The number of rotatable bonds is 4. The number of amides is 2. The second-order valence-corrected chi connectivity index (χ2v) is 7.24. The minimum atomic E-state index is -0.190. The SMILES string of the molecule is O=C(CCc1cccc(Br)c1)N1CCN(C(=O)c2ccccc2O)CC1. The maximum atomic E-state index is 12.5. The molecule has 6 heteroatoms. The normalized spacial score (nSPS) is 14.3. The number of phenols is 1. The first-order valence-corrected chi connectivity index (χ1v) is 9.43. The standard InChI is InChI=1S/C20H21BrN2O3/c21-16-5-3-4-15(14-16)8-9-19(25)22-10-12-23(13-11-22)20(26)17-6-1-2-7-18(17)24/h1-7,14,24H,8-13H2. The van der Waals surface area contributed by atoms with Gasteiger partial charge in [-0.3, -0.25) is 9.59 Å². The van der Waals surface area contributed by atoms with Gasteiger partial charge < -0.3 is 14.9 Å². The largest absolute Gasteiger partial charge is 0.507 e. The summed E-state index contributed by atoms with van der Waals surface area (Å²) in [6.07, 6.45) is 1.17. The maximum Gasteiger partial charge on any atom is 0.257 e. The van der Waals surface area contributed by atoms with Crippen LogP contribution >= 0.6 is 15.9 Å². The van der Waals surface area contributed by atoms with Crippen molar-refractivity contribution in [1.82, 2.24) is 9.80 Å². The lowest BCUT2D eigenvalue weighted by Crippen LogP contribution is -2.50. The lowest BCUT2D eigenvalue weighted by molar-refractivity contribution is -0.132. The number of para-hydroxylation sites is 1. The average molecular weight is 417 g/mol. The van der Waals surface area contributed by atoms with E-state index in [0.29, 0.717) is 44.6 Å². The molecular weight excluding hydrogens is 396 g/mol. The second-order valence-electron chi connectivity index (χ2n) is 6.32. The zero-order valence-electron chi connectivity index (χ0n) is 14.4. The highest BCUT2D eigenvalue weighted by molar-refractivity contribution is 9.10. The number of nitrogens with zero attached hydrogens (tertiary/aromatic N) is 2. The van der Waals surface area contributed by atoms with Crippen molar-refractivity contribution in [1.29, 1.82) is 0 Å². The molecule has 5 nitrogen and oxygen atoms in total. The van der Waals surface area contributed by atoms with E-state index in [9.17, 15) is 14.7 Å². The number of hydrogen-bond donors (Lipinski definition) is 1. The molecule has 0 atom stereocenters. The lowest BCUT2D eigenvalue weighted by Gasteiger charge is -2.35. The molecule has 1 heterocycles. The van der Waals surface area contributed by atoms with E-state index < -0.39 is 0 Å². The van der Waals surface area contributed by atoms with Gasteiger partial charge in [-0.2, -0.15) is 0 Å². The summed E-state index contributed by atoms with van der Waals surface area (Å²) in [7, 11) is 0. The van der Waals surface area contributed by atoms with Crippen LogP contribution in [0, 0.1) is 0 Å². The molecule has 136 valence electrons. The molecular formula is C20H21BrN2O3. The van der Waals surface area contributed by atoms with Crippen LogP contribution in [0.25, 0.3) is 0 Å². The Morgan fingerprint density at radius 1 is 0.962 bits per heavy atom. The van der Waals surface area contributed by atoms with Crippen LogP contribution in [0.2, 0.25) is 0 Å². The summed E-state index contributed by atoms with van der Waals surface area (Å²) in [5.74, 6) is -0.0889. The van der Waals surface area contributed by atoms with Crippen molar-refractivity contribution in [3.8, 4) is 5.75 Å². The van der Waals surface area contributed by atoms with Gasteiger partial charge in [-0.1, -0.05) is 40.2 Å². The van der Waals surface area contributed by atoms with Crippen molar-refractivity contribution in [3.63, 3.8) is 0 Å². The number of benzene rings is 2. The molecule has 2 aromatic carbocycles. The quantitative estimate of drug-likeness (QED) is 0.832. The molecule has 3 rings (SSSR count). The Kier molecular flexibility index (Phi) is 5.93. The maximum absolute atomic E-state index is 12.5. The predicted molar refractivity (Wildman–Crippen MR) is 103 cm³/mol. The summed E-state index contributed by atoms with van der Waals surface area (Å²) >= 11 is 3.44. The van der Waals surface area contributed by atoms with Gasteiger partial charge in [-0.15, -0.1) is 0 Å². The number of aryl methyl sites for hydroxylation is 1. The molecule has 1 saturated heterocycles. The van der Waals surface area contributed by atoms with Gasteiger partial charge in [0, 0.05) is 37.1 Å². The summed E-state index contributed by atoms with van der Waals surface area (Å²) in [5.41, 5.74) is 1.43. The van der Waals surface area contributed by atoms with Gasteiger partial charge in [-0.05, 0) is 36.2 Å². The minimum absolute atomic E-state index is 0.00923. The zero-order chi connectivity index (χ0) is 18.5. The van der Waals surface area contributed by atoms with Crippen molar-refractivity contribution < 1.29 is 14.7 Å². The number of carbonyl (C=O) groups excluding carboxylic acids is 2. The molecule has 1 fully saturated rings. The van der Waals surface area contributed by atoms with Gasteiger partial charge >= 0.3 is 0 Å². The van der Waals surface area contributed by atoms with E-state index in [4.69, 9.17) is 0 Å². The third-order valence-corrected chi connectivity index (χ3v) is 5.06. The number of aromatic hydroxyl groups is 1. The van der Waals surface area contributed by atoms with Crippen molar-refractivity contribution in [2.45, 2.75) is 12.8 Å². The molecule has 26 heavy (non-hydrogen) atoms. The van der Waals surface area contributed by atoms with Crippen LogP contribution in [0.3, 0.4) is 0 Å². The Morgan fingerprint density at radius 3 is 2.35 bits per heavy atom. The molecule has 0 bridgehead atoms. The molecule has 1 aliphatic rings. The summed E-state index contributed by atoms with van der Waals surface area (Å²) in [6.45, 7) is 2.01. The third kappa shape index (κ3) is 4.43. The van der Waals surface area contributed by atoms with Gasteiger partial charge in [-0.25, -0.2) is 0 Å². The Balaban J connectivity index is 1.51. The first kappa shape index (κ1) is 18.5. The summed E-state index contributed by atoms with van der Waals surface area (Å²) < 4.78 is 1.01. The van der Waals surface area contributed by atoms with E-state index in [1.165, 1.54) is 6.07 Å². The first-order valence-electron chi connectivity index (χ1n) is 8.64. The Morgan fingerprint density at radius 2 is 1.65 bits per heavy atom. The smallest absolute Gasteiger partial charge is 0.257 e. The zero-order valence-corrected chi connectivity index (χ0v) is 16.0. The van der Waals surface area contributed by atoms with Crippen LogP contribution in [0.15, 0.2) is 53.0 Å². The molecule has 1 aliphatic heterocycles. The van der Waals surface area contributed by atoms with Crippen LogP contribution in [0.1, 0.15) is 22.3 Å². The van der Waals surface area contributed by atoms with Gasteiger partial charge in [0.25, 0.3) is 5.91 Å². The number of carbonyl (C=O) groups is 2. The summed E-state index contributed by atoms with van der Waals surface area (Å²) in [5, 5.41) is 9.83. The summed E-state index contributed by atoms with van der Waals surface area (Å²) in [6, 6.07) is 14.5. The van der Waals surface area contributed by atoms with Crippen LogP contribution in [-0.4, -0.2) is 52.9 Å². The predicted octanol–water partition coefficient (Wildman–Crippen LogP) is 3.07.